The minimum atomic E-state index is -0.707. The van der Waals surface area contributed by atoms with Crippen molar-refractivity contribution in [2.75, 3.05) is 13.2 Å². The first kappa shape index (κ1) is 18.7. The standard InChI is InChI=1S/C14H24N4O3/c1-3-5-6-9-12(19)18-11(13(20)21-4-2)8-7-10-17-14(15)16/h3,5-6,9,11H,4,7-8,10H2,1-2H3,(H,18,19)(H4,15,16,17)/b5-3+,9-6+/t11-/m0/s1. The van der Waals surface area contributed by atoms with Crippen LogP contribution in [0.1, 0.15) is 26.7 Å². The van der Waals surface area contributed by atoms with Crippen LogP contribution in [0.3, 0.4) is 0 Å². The number of amides is 1. The Bertz CT molecular complexity index is 412. The second-order valence-electron chi connectivity index (χ2n) is 4.15. The summed E-state index contributed by atoms with van der Waals surface area (Å²) in [5, 5.41) is 2.60. The van der Waals surface area contributed by atoms with E-state index in [-0.39, 0.29) is 18.5 Å². The molecule has 1 amide bonds. The van der Waals surface area contributed by atoms with Crippen LogP contribution in [0.4, 0.5) is 0 Å². The summed E-state index contributed by atoms with van der Waals surface area (Å²) in [4.78, 5) is 27.3. The molecule has 0 heterocycles. The van der Waals surface area contributed by atoms with Crippen LogP contribution < -0.4 is 16.8 Å². The first-order valence-electron chi connectivity index (χ1n) is 6.83. The Morgan fingerprint density at radius 1 is 1.33 bits per heavy atom. The number of nitrogens with two attached hydrogens (primary N) is 2. The molecule has 0 aromatic carbocycles. The van der Waals surface area contributed by atoms with Gasteiger partial charge >= 0.3 is 5.97 Å². The van der Waals surface area contributed by atoms with Crippen molar-refractivity contribution >= 4 is 17.8 Å². The predicted molar refractivity (Wildman–Crippen MR) is 82.4 cm³/mol. The lowest BCUT2D eigenvalue weighted by molar-refractivity contribution is -0.147. The fourth-order valence-electron chi connectivity index (χ4n) is 1.47. The highest BCUT2D eigenvalue weighted by Crippen LogP contribution is 2.01. The van der Waals surface area contributed by atoms with Crippen molar-refractivity contribution in [1.29, 1.82) is 0 Å². The Morgan fingerprint density at radius 3 is 2.62 bits per heavy atom. The van der Waals surface area contributed by atoms with Gasteiger partial charge in [0.15, 0.2) is 5.96 Å². The van der Waals surface area contributed by atoms with Gasteiger partial charge in [0.1, 0.15) is 6.04 Å². The number of rotatable bonds is 9. The fraction of sp³-hybridized carbons (Fsp3) is 0.500. The van der Waals surface area contributed by atoms with Crippen LogP contribution in [0.15, 0.2) is 29.3 Å². The molecule has 21 heavy (non-hydrogen) atoms. The Labute approximate surface area is 125 Å². The molecule has 0 saturated heterocycles. The maximum Gasteiger partial charge on any atom is 0.328 e. The highest BCUT2D eigenvalue weighted by atomic mass is 16.5. The summed E-state index contributed by atoms with van der Waals surface area (Å²) >= 11 is 0. The van der Waals surface area contributed by atoms with E-state index in [4.69, 9.17) is 16.2 Å². The quantitative estimate of drug-likeness (QED) is 0.140. The lowest BCUT2D eigenvalue weighted by Crippen LogP contribution is -2.41. The Kier molecular flexibility index (Phi) is 10.2. The average molecular weight is 296 g/mol. The number of guanidine groups is 1. The van der Waals surface area contributed by atoms with Crippen LogP contribution in [0.2, 0.25) is 0 Å². The summed E-state index contributed by atoms with van der Waals surface area (Å²) in [6.07, 6.45) is 7.41. The molecule has 0 unspecified atom stereocenters. The second-order valence-corrected chi connectivity index (χ2v) is 4.15. The van der Waals surface area contributed by atoms with Crippen molar-refractivity contribution in [2.24, 2.45) is 16.5 Å². The second kappa shape index (κ2) is 11.5. The van der Waals surface area contributed by atoms with Crippen LogP contribution >= 0.6 is 0 Å². The molecular weight excluding hydrogens is 272 g/mol. The van der Waals surface area contributed by atoms with Crippen molar-refractivity contribution in [3.05, 3.63) is 24.3 Å². The molecule has 118 valence electrons. The zero-order valence-corrected chi connectivity index (χ0v) is 12.5. The fourth-order valence-corrected chi connectivity index (χ4v) is 1.47. The molecule has 0 radical (unpaired) electrons. The largest absolute Gasteiger partial charge is 0.464 e. The van der Waals surface area contributed by atoms with Gasteiger partial charge in [-0.15, -0.1) is 0 Å². The first-order valence-corrected chi connectivity index (χ1v) is 6.83. The molecule has 0 aromatic rings. The molecule has 0 fully saturated rings. The van der Waals surface area contributed by atoms with Gasteiger partial charge in [-0.1, -0.05) is 18.2 Å². The van der Waals surface area contributed by atoms with E-state index in [1.54, 1.807) is 25.2 Å². The summed E-state index contributed by atoms with van der Waals surface area (Å²) in [5.74, 6) is -0.816. The lowest BCUT2D eigenvalue weighted by atomic mass is 10.1. The summed E-state index contributed by atoms with van der Waals surface area (Å²) in [6.45, 7) is 4.20. The predicted octanol–water partition coefficient (Wildman–Crippen LogP) is 0.220. The van der Waals surface area contributed by atoms with Crippen molar-refractivity contribution in [3.8, 4) is 0 Å². The third-order valence-electron chi connectivity index (χ3n) is 2.38. The number of carbonyl (C=O) groups excluding carboxylic acids is 2. The van der Waals surface area contributed by atoms with Gasteiger partial charge < -0.3 is 21.5 Å². The van der Waals surface area contributed by atoms with E-state index in [1.165, 1.54) is 6.08 Å². The minimum Gasteiger partial charge on any atom is -0.464 e. The van der Waals surface area contributed by atoms with Gasteiger partial charge in [0.2, 0.25) is 5.91 Å². The molecular formula is C14H24N4O3. The van der Waals surface area contributed by atoms with E-state index in [1.807, 2.05) is 6.92 Å². The highest BCUT2D eigenvalue weighted by molar-refractivity contribution is 5.91. The van der Waals surface area contributed by atoms with Crippen LogP contribution in [-0.4, -0.2) is 37.0 Å². The lowest BCUT2D eigenvalue weighted by Gasteiger charge is -2.15. The summed E-state index contributed by atoms with van der Waals surface area (Å²) in [7, 11) is 0. The van der Waals surface area contributed by atoms with Crippen molar-refractivity contribution in [1.82, 2.24) is 5.32 Å². The maximum absolute atomic E-state index is 11.8. The van der Waals surface area contributed by atoms with E-state index >= 15 is 0 Å². The number of nitrogens with zero attached hydrogens (tertiary/aromatic N) is 1. The number of carbonyl (C=O) groups is 2. The van der Waals surface area contributed by atoms with E-state index in [9.17, 15) is 9.59 Å². The molecule has 0 aliphatic rings. The molecule has 0 spiro atoms. The molecule has 1 atom stereocenters. The number of hydrogen-bond acceptors (Lipinski definition) is 4. The van der Waals surface area contributed by atoms with Crippen molar-refractivity contribution < 1.29 is 14.3 Å². The molecule has 0 bridgehead atoms. The van der Waals surface area contributed by atoms with Crippen LogP contribution in [0, 0.1) is 0 Å². The topological polar surface area (TPSA) is 120 Å². The summed E-state index contributed by atoms with van der Waals surface area (Å²) < 4.78 is 4.93. The van der Waals surface area contributed by atoms with Gasteiger partial charge in [-0.2, -0.15) is 0 Å². The van der Waals surface area contributed by atoms with Crippen LogP contribution in [-0.2, 0) is 14.3 Å². The van der Waals surface area contributed by atoms with Crippen LogP contribution in [0.5, 0.6) is 0 Å². The van der Waals surface area contributed by atoms with Gasteiger partial charge in [-0.05, 0) is 26.7 Å². The van der Waals surface area contributed by atoms with E-state index in [2.05, 4.69) is 10.3 Å². The molecule has 0 saturated carbocycles. The molecule has 0 aromatic heterocycles. The van der Waals surface area contributed by atoms with Gasteiger partial charge in [-0.3, -0.25) is 9.79 Å². The smallest absolute Gasteiger partial charge is 0.328 e. The number of aliphatic imine (C=N–C) groups is 1. The van der Waals surface area contributed by atoms with Crippen LogP contribution in [0.25, 0.3) is 0 Å². The maximum atomic E-state index is 11.8. The average Bonchev–Trinajstić information content (AvgIpc) is 2.42. The molecule has 7 heteroatoms. The van der Waals surface area contributed by atoms with E-state index < -0.39 is 12.0 Å². The molecule has 0 rings (SSSR count). The number of esters is 1. The monoisotopic (exact) mass is 296 g/mol. The zero-order chi connectivity index (χ0) is 16.1. The summed E-state index contributed by atoms with van der Waals surface area (Å²) in [6, 6.07) is -0.707. The van der Waals surface area contributed by atoms with E-state index in [0.29, 0.717) is 19.4 Å². The van der Waals surface area contributed by atoms with E-state index in [0.717, 1.165) is 0 Å². The normalized spacial score (nSPS) is 12.3. The number of hydrogen-bond donors (Lipinski definition) is 3. The molecule has 7 nitrogen and oxygen atoms in total. The van der Waals surface area contributed by atoms with Gasteiger partial charge in [0, 0.05) is 12.6 Å². The number of allylic oxidation sites excluding steroid dienone is 3. The third-order valence-corrected chi connectivity index (χ3v) is 2.38. The first-order chi connectivity index (χ1) is 10.0. The minimum absolute atomic E-state index is 0.000932. The van der Waals surface area contributed by atoms with Crippen molar-refractivity contribution in [2.45, 2.75) is 32.7 Å². The Morgan fingerprint density at radius 2 is 2.05 bits per heavy atom. The highest BCUT2D eigenvalue weighted by Gasteiger charge is 2.20. The Balaban J connectivity index is 4.48. The van der Waals surface area contributed by atoms with Gasteiger partial charge in [-0.25, -0.2) is 4.79 Å². The summed E-state index contributed by atoms with van der Waals surface area (Å²) in [5.41, 5.74) is 10.4. The van der Waals surface area contributed by atoms with Crippen molar-refractivity contribution in [3.63, 3.8) is 0 Å². The number of nitrogens with one attached hydrogen (secondary N) is 1. The molecule has 0 aliphatic heterocycles. The number of ether oxygens (including phenoxy) is 1. The molecule has 5 N–H and O–H groups in total. The zero-order valence-electron chi connectivity index (χ0n) is 12.5. The molecule has 0 aliphatic carbocycles. The third kappa shape index (κ3) is 10.2. The van der Waals surface area contributed by atoms with Gasteiger partial charge in [0.05, 0.1) is 6.61 Å². The van der Waals surface area contributed by atoms with Gasteiger partial charge in [0.25, 0.3) is 0 Å². The Hall–Kier alpha value is -2.31. The SMILES string of the molecule is C/C=C/C=C/C(=O)N[C@@H](CCCN=C(N)N)C(=O)OCC.